The molecule has 11 heteroatoms. The number of aliphatic hydroxyl groups excluding tert-OH is 1. The van der Waals surface area contributed by atoms with E-state index in [0.29, 0.717) is 17.8 Å². The van der Waals surface area contributed by atoms with E-state index in [9.17, 15) is 4.79 Å². The number of hydrogen-bond acceptors (Lipinski definition) is 9. The fourth-order valence-corrected chi connectivity index (χ4v) is 4.82. The fourth-order valence-electron chi connectivity index (χ4n) is 3.99. The Kier molecular flexibility index (Phi) is 7.01. The summed E-state index contributed by atoms with van der Waals surface area (Å²) < 4.78 is 1.75. The number of rotatable bonds is 7. The maximum absolute atomic E-state index is 12.8. The SMILES string of the molecule is Cc1nc(Cc2ncc(C(=O)Nc3c(C)nn(C)c3C)s2)cc(N2CCN(CCO)CC2)n1. The Labute approximate surface area is 197 Å². The van der Waals surface area contributed by atoms with E-state index in [1.54, 1.807) is 10.9 Å². The van der Waals surface area contributed by atoms with Crippen LogP contribution in [0.2, 0.25) is 0 Å². The molecule has 3 aromatic heterocycles. The third-order valence-electron chi connectivity index (χ3n) is 5.85. The molecule has 0 atom stereocenters. The molecule has 33 heavy (non-hydrogen) atoms. The van der Waals surface area contributed by atoms with Gasteiger partial charge in [-0.05, 0) is 20.8 Å². The zero-order valence-corrected chi connectivity index (χ0v) is 20.3. The Morgan fingerprint density at radius 1 is 1.18 bits per heavy atom. The van der Waals surface area contributed by atoms with Crippen LogP contribution in [-0.4, -0.2) is 80.0 Å². The summed E-state index contributed by atoms with van der Waals surface area (Å²) in [7, 11) is 1.86. The van der Waals surface area contributed by atoms with Crippen LogP contribution in [0.25, 0.3) is 0 Å². The quantitative estimate of drug-likeness (QED) is 0.535. The predicted octanol–water partition coefficient (Wildman–Crippen LogP) is 1.55. The number of piperazine rings is 1. The lowest BCUT2D eigenvalue weighted by atomic mass is 10.2. The summed E-state index contributed by atoms with van der Waals surface area (Å²) >= 11 is 1.37. The lowest BCUT2D eigenvalue weighted by Crippen LogP contribution is -2.47. The molecular weight excluding hydrogens is 440 g/mol. The number of thiazole rings is 1. The van der Waals surface area contributed by atoms with Crippen molar-refractivity contribution in [1.82, 2.24) is 29.6 Å². The molecule has 176 valence electrons. The van der Waals surface area contributed by atoms with Crippen LogP contribution >= 0.6 is 11.3 Å². The molecule has 1 amide bonds. The third kappa shape index (κ3) is 5.37. The van der Waals surface area contributed by atoms with Crippen LogP contribution in [0.4, 0.5) is 11.5 Å². The van der Waals surface area contributed by atoms with E-state index in [1.165, 1.54) is 11.3 Å². The van der Waals surface area contributed by atoms with Crippen molar-refractivity contribution in [3.8, 4) is 0 Å². The molecule has 0 spiro atoms. The van der Waals surface area contributed by atoms with Crippen LogP contribution in [0.5, 0.6) is 0 Å². The van der Waals surface area contributed by atoms with Gasteiger partial charge in [0.2, 0.25) is 0 Å². The number of aromatic nitrogens is 5. The summed E-state index contributed by atoms with van der Waals surface area (Å²) in [6.45, 7) is 10.1. The van der Waals surface area contributed by atoms with Gasteiger partial charge in [0.05, 0.1) is 40.6 Å². The Balaban J connectivity index is 1.43. The number of carbonyl (C=O) groups is 1. The monoisotopic (exact) mass is 470 g/mol. The maximum Gasteiger partial charge on any atom is 0.267 e. The average Bonchev–Trinajstić information content (AvgIpc) is 3.34. The highest BCUT2D eigenvalue weighted by atomic mass is 32.1. The van der Waals surface area contributed by atoms with E-state index in [-0.39, 0.29) is 12.5 Å². The number of hydrogen-bond donors (Lipinski definition) is 2. The molecule has 4 rings (SSSR count). The number of β-amino-alcohol motifs (C(OH)–C–C–N with tert-alkyl or cyclic N) is 1. The molecule has 1 saturated heterocycles. The van der Waals surface area contributed by atoms with Gasteiger partial charge in [0.1, 0.15) is 16.5 Å². The highest BCUT2D eigenvalue weighted by Crippen LogP contribution is 2.23. The van der Waals surface area contributed by atoms with E-state index in [1.807, 2.05) is 33.9 Å². The standard InChI is InChI=1S/C22H30N8O2S/c1-14-21(15(2)28(4)27-14)26-22(32)18-13-23-20(33-18)12-17-11-19(25-16(3)24-17)30-7-5-29(6-8-30)9-10-31/h11,13,31H,5-10,12H2,1-4H3,(H,26,32). The van der Waals surface area contributed by atoms with Gasteiger partial charge in [0, 0.05) is 52.3 Å². The smallest absolute Gasteiger partial charge is 0.267 e. The van der Waals surface area contributed by atoms with E-state index in [2.05, 4.69) is 35.2 Å². The van der Waals surface area contributed by atoms with Gasteiger partial charge in [0.15, 0.2) is 0 Å². The van der Waals surface area contributed by atoms with Crippen molar-refractivity contribution in [1.29, 1.82) is 0 Å². The van der Waals surface area contributed by atoms with Crippen molar-refractivity contribution in [3.05, 3.63) is 45.1 Å². The van der Waals surface area contributed by atoms with Gasteiger partial charge in [-0.15, -0.1) is 11.3 Å². The van der Waals surface area contributed by atoms with Crippen LogP contribution in [0.1, 0.15) is 37.6 Å². The van der Waals surface area contributed by atoms with Crippen LogP contribution in [-0.2, 0) is 13.5 Å². The minimum absolute atomic E-state index is 0.182. The molecule has 0 unspecified atom stereocenters. The summed E-state index contributed by atoms with van der Waals surface area (Å²) in [4.78, 5) is 31.5. The second-order valence-corrected chi connectivity index (χ2v) is 9.35. The summed E-state index contributed by atoms with van der Waals surface area (Å²) in [5, 5.41) is 17.3. The molecule has 0 aromatic carbocycles. The van der Waals surface area contributed by atoms with Gasteiger partial charge >= 0.3 is 0 Å². The lowest BCUT2D eigenvalue weighted by Gasteiger charge is -2.35. The zero-order valence-electron chi connectivity index (χ0n) is 19.5. The Morgan fingerprint density at radius 2 is 1.94 bits per heavy atom. The Bertz CT molecular complexity index is 1130. The molecule has 1 fully saturated rings. The van der Waals surface area contributed by atoms with Gasteiger partial charge in [-0.1, -0.05) is 0 Å². The summed E-state index contributed by atoms with van der Waals surface area (Å²) in [6, 6.07) is 2.01. The van der Waals surface area contributed by atoms with Gasteiger partial charge in [-0.25, -0.2) is 15.0 Å². The number of aryl methyl sites for hydroxylation is 3. The van der Waals surface area contributed by atoms with E-state index in [4.69, 9.17) is 5.11 Å². The number of carbonyl (C=O) groups excluding carboxylic acids is 1. The zero-order chi connectivity index (χ0) is 23.5. The van der Waals surface area contributed by atoms with Crippen LogP contribution in [0.3, 0.4) is 0 Å². The van der Waals surface area contributed by atoms with Crippen molar-refractivity contribution in [2.24, 2.45) is 7.05 Å². The molecular formula is C22H30N8O2S. The van der Waals surface area contributed by atoms with Gasteiger partial charge < -0.3 is 15.3 Å². The average molecular weight is 471 g/mol. The molecule has 0 radical (unpaired) electrons. The first-order valence-corrected chi connectivity index (χ1v) is 11.8. The number of nitrogens with one attached hydrogen (secondary N) is 1. The predicted molar refractivity (Wildman–Crippen MR) is 128 cm³/mol. The topological polar surface area (TPSA) is 112 Å². The molecule has 4 heterocycles. The second-order valence-electron chi connectivity index (χ2n) is 8.24. The highest BCUT2D eigenvalue weighted by molar-refractivity contribution is 7.13. The number of aliphatic hydroxyl groups is 1. The molecule has 0 bridgehead atoms. The summed E-state index contributed by atoms with van der Waals surface area (Å²) in [5.74, 6) is 1.45. The first kappa shape index (κ1) is 23.3. The van der Waals surface area contributed by atoms with Crippen molar-refractivity contribution in [2.75, 3.05) is 49.5 Å². The molecule has 0 aliphatic carbocycles. The molecule has 1 aliphatic heterocycles. The summed E-state index contributed by atoms with van der Waals surface area (Å²) in [6.07, 6.45) is 2.16. The molecule has 1 aliphatic rings. The van der Waals surface area contributed by atoms with Crippen molar-refractivity contribution in [2.45, 2.75) is 27.2 Å². The summed E-state index contributed by atoms with van der Waals surface area (Å²) in [5.41, 5.74) is 3.32. The Morgan fingerprint density at radius 3 is 2.61 bits per heavy atom. The molecule has 0 saturated carbocycles. The van der Waals surface area contributed by atoms with Crippen LogP contribution in [0.15, 0.2) is 12.3 Å². The highest BCUT2D eigenvalue weighted by Gasteiger charge is 2.20. The van der Waals surface area contributed by atoms with Gasteiger partial charge in [0.25, 0.3) is 5.91 Å². The molecule has 10 nitrogen and oxygen atoms in total. The maximum atomic E-state index is 12.8. The third-order valence-corrected chi connectivity index (χ3v) is 6.84. The van der Waals surface area contributed by atoms with Crippen molar-refractivity contribution >= 4 is 28.7 Å². The first-order chi connectivity index (χ1) is 15.8. The second kappa shape index (κ2) is 9.94. The van der Waals surface area contributed by atoms with Crippen molar-refractivity contribution < 1.29 is 9.90 Å². The van der Waals surface area contributed by atoms with E-state index in [0.717, 1.165) is 65.6 Å². The van der Waals surface area contributed by atoms with Crippen LogP contribution < -0.4 is 10.2 Å². The normalized spacial score (nSPS) is 14.6. The lowest BCUT2D eigenvalue weighted by molar-refractivity contribution is 0.103. The Hall–Kier alpha value is -2.89. The van der Waals surface area contributed by atoms with E-state index >= 15 is 0 Å². The minimum atomic E-state index is -0.182. The first-order valence-electron chi connectivity index (χ1n) is 11.0. The minimum Gasteiger partial charge on any atom is -0.395 e. The largest absolute Gasteiger partial charge is 0.395 e. The van der Waals surface area contributed by atoms with Crippen LogP contribution in [0, 0.1) is 20.8 Å². The van der Waals surface area contributed by atoms with Gasteiger partial charge in [-0.2, -0.15) is 5.10 Å². The number of anilines is 2. The number of nitrogens with zero attached hydrogens (tertiary/aromatic N) is 7. The van der Waals surface area contributed by atoms with E-state index < -0.39 is 0 Å². The van der Waals surface area contributed by atoms with Gasteiger partial charge in [-0.3, -0.25) is 14.4 Å². The molecule has 2 N–H and O–H groups in total. The van der Waals surface area contributed by atoms with Crippen molar-refractivity contribution in [3.63, 3.8) is 0 Å². The number of amides is 1. The molecule has 3 aromatic rings. The fraction of sp³-hybridized carbons (Fsp3) is 0.500.